The van der Waals surface area contributed by atoms with Gasteiger partial charge in [-0.15, -0.1) is 24.0 Å². The van der Waals surface area contributed by atoms with Crippen LogP contribution in [0.3, 0.4) is 0 Å². The van der Waals surface area contributed by atoms with Crippen LogP contribution in [0.5, 0.6) is 0 Å². The third-order valence-electron chi connectivity index (χ3n) is 3.77. The smallest absolute Gasteiger partial charge is 0.407 e. The topological polar surface area (TPSA) is 84.0 Å². The zero-order chi connectivity index (χ0) is 17.3. The number of nitrogens with zero attached hydrogens (tertiary/aromatic N) is 1. The van der Waals surface area contributed by atoms with Crippen LogP contribution in [-0.4, -0.2) is 57.0 Å². The van der Waals surface area contributed by atoms with Gasteiger partial charge in [-0.05, 0) is 46.5 Å². The summed E-state index contributed by atoms with van der Waals surface area (Å²) in [5, 5.41) is 9.44. The molecule has 1 aliphatic rings. The minimum atomic E-state index is -0.353. The van der Waals surface area contributed by atoms with E-state index >= 15 is 0 Å². The molecular weight excluding hydrogens is 423 g/mol. The highest BCUT2D eigenvalue weighted by Gasteiger charge is 2.32. The number of rotatable bonds is 9. The van der Waals surface area contributed by atoms with Gasteiger partial charge in [0.2, 0.25) is 0 Å². The van der Waals surface area contributed by atoms with Crippen molar-refractivity contribution in [3.05, 3.63) is 0 Å². The molecule has 0 spiro atoms. The van der Waals surface area contributed by atoms with Crippen molar-refractivity contribution in [1.29, 1.82) is 0 Å². The molecular formula is C16H33IN4O3. The number of guanidine groups is 1. The molecule has 0 bridgehead atoms. The first kappa shape index (κ1) is 23.2. The fourth-order valence-electron chi connectivity index (χ4n) is 2.04. The highest BCUT2D eigenvalue weighted by atomic mass is 127. The largest absolute Gasteiger partial charge is 0.450 e. The standard InChI is InChI=1S/C16H32N4O3.HI/c1-6-17-14(19-11-16(3,4)22-5)18-10-13(12-8-9-12)20-15(21)23-7-2;/h12-13H,6-11H2,1-5H3,(H,20,21)(H2,17,18,19);1H. The lowest BCUT2D eigenvalue weighted by Gasteiger charge is -2.23. The first-order chi connectivity index (χ1) is 10.9. The normalized spacial score (nSPS) is 16.0. The maximum Gasteiger partial charge on any atom is 0.407 e. The molecule has 24 heavy (non-hydrogen) atoms. The van der Waals surface area contributed by atoms with Crippen LogP contribution >= 0.6 is 24.0 Å². The van der Waals surface area contributed by atoms with Crippen LogP contribution in [0.15, 0.2) is 4.99 Å². The Labute approximate surface area is 162 Å². The maximum absolute atomic E-state index is 11.6. The number of hydrogen-bond acceptors (Lipinski definition) is 4. The maximum atomic E-state index is 11.6. The van der Waals surface area contributed by atoms with Crippen molar-refractivity contribution in [1.82, 2.24) is 16.0 Å². The number of nitrogens with one attached hydrogen (secondary N) is 3. The summed E-state index contributed by atoms with van der Waals surface area (Å²) >= 11 is 0. The highest BCUT2D eigenvalue weighted by Crippen LogP contribution is 2.32. The Kier molecular flexibility index (Phi) is 11.4. The van der Waals surface area contributed by atoms with Gasteiger partial charge in [0, 0.05) is 20.2 Å². The molecule has 1 atom stereocenters. The molecule has 1 rings (SSSR count). The highest BCUT2D eigenvalue weighted by molar-refractivity contribution is 14.0. The molecule has 0 saturated heterocycles. The van der Waals surface area contributed by atoms with Gasteiger partial charge in [-0.25, -0.2) is 4.79 Å². The molecule has 3 N–H and O–H groups in total. The number of carbonyl (C=O) groups excluding carboxylic acids is 1. The molecule has 0 heterocycles. The second kappa shape index (κ2) is 11.7. The van der Waals surface area contributed by atoms with E-state index in [4.69, 9.17) is 9.47 Å². The van der Waals surface area contributed by atoms with E-state index in [1.54, 1.807) is 14.0 Å². The molecule has 0 aliphatic heterocycles. The Morgan fingerprint density at radius 3 is 2.46 bits per heavy atom. The van der Waals surface area contributed by atoms with Crippen LogP contribution in [0.4, 0.5) is 4.79 Å². The number of alkyl carbamates (subject to hydrolysis) is 1. The average Bonchev–Trinajstić information content (AvgIpc) is 3.33. The van der Waals surface area contributed by atoms with E-state index in [2.05, 4.69) is 20.9 Å². The minimum Gasteiger partial charge on any atom is -0.450 e. The van der Waals surface area contributed by atoms with Gasteiger partial charge in [-0.1, -0.05) is 0 Å². The summed E-state index contributed by atoms with van der Waals surface area (Å²) in [6.07, 6.45) is 1.93. The lowest BCUT2D eigenvalue weighted by atomic mass is 10.1. The van der Waals surface area contributed by atoms with Gasteiger partial charge in [0.25, 0.3) is 0 Å². The zero-order valence-corrected chi connectivity index (χ0v) is 17.8. The molecule has 0 aromatic heterocycles. The van der Waals surface area contributed by atoms with Gasteiger partial charge in [-0.2, -0.15) is 0 Å². The first-order valence-electron chi connectivity index (χ1n) is 8.42. The second-order valence-corrected chi connectivity index (χ2v) is 6.35. The average molecular weight is 456 g/mol. The molecule has 7 nitrogen and oxygen atoms in total. The van der Waals surface area contributed by atoms with Crippen molar-refractivity contribution in [2.24, 2.45) is 10.9 Å². The molecule has 1 fully saturated rings. The predicted octanol–water partition coefficient (Wildman–Crippen LogP) is 2.11. The first-order valence-corrected chi connectivity index (χ1v) is 8.42. The summed E-state index contributed by atoms with van der Waals surface area (Å²) in [6, 6.07) is 0.0633. The summed E-state index contributed by atoms with van der Waals surface area (Å²) in [5.41, 5.74) is -0.304. The van der Waals surface area contributed by atoms with Crippen molar-refractivity contribution < 1.29 is 14.3 Å². The Morgan fingerprint density at radius 1 is 1.29 bits per heavy atom. The van der Waals surface area contributed by atoms with Crippen LogP contribution in [0.1, 0.15) is 40.5 Å². The Bertz CT molecular complexity index is 401. The molecule has 0 aromatic rings. The van der Waals surface area contributed by atoms with Crippen molar-refractivity contribution in [3.8, 4) is 0 Å². The third-order valence-corrected chi connectivity index (χ3v) is 3.77. The molecule has 1 aliphatic carbocycles. The van der Waals surface area contributed by atoms with Gasteiger partial charge < -0.3 is 25.4 Å². The molecule has 8 heteroatoms. The predicted molar refractivity (Wildman–Crippen MR) is 107 cm³/mol. The number of methoxy groups -OCH3 is 1. The van der Waals surface area contributed by atoms with Crippen LogP contribution < -0.4 is 16.0 Å². The van der Waals surface area contributed by atoms with Gasteiger partial charge >= 0.3 is 6.09 Å². The summed E-state index contributed by atoms with van der Waals surface area (Å²) in [6.45, 7) is 10.2. The lowest BCUT2D eigenvalue weighted by molar-refractivity contribution is 0.0310. The lowest BCUT2D eigenvalue weighted by Crippen LogP contribution is -2.48. The second-order valence-electron chi connectivity index (χ2n) is 6.35. The van der Waals surface area contributed by atoms with E-state index in [0.29, 0.717) is 25.6 Å². The van der Waals surface area contributed by atoms with Crippen LogP contribution in [-0.2, 0) is 9.47 Å². The summed E-state index contributed by atoms with van der Waals surface area (Å²) < 4.78 is 10.4. The van der Waals surface area contributed by atoms with Crippen LogP contribution in [0.25, 0.3) is 0 Å². The molecule has 0 aromatic carbocycles. The number of amides is 1. The summed E-state index contributed by atoms with van der Waals surface area (Å²) in [5.74, 6) is 1.25. The fraction of sp³-hybridized carbons (Fsp3) is 0.875. The van der Waals surface area contributed by atoms with E-state index in [1.807, 2.05) is 20.8 Å². The van der Waals surface area contributed by atoms with Crippen LogP contribution in [0, 0.1) is 5.92 Å². The molecule has 1 saturated carbocycles. The van der Waals surface area contributed by atoms with E-state index < -0.39 is 0 Å². The van der Waals surface area contributed by atoms with Gasteiger partial charge in [0.15, 0.2) is 5.96 Å². The molecule has 0 radical (unpaired) electrons. The molecule has 1 unspecified atom stereocenters. The number of halogens is 1. The number of ether oxygens (including phenoxy) is 2. The zero-order valence-electron chi connectivity index (χ0n) is 15.5. The summed E-state index contributed by atoms with van der Waals surface area (Å²) in [4.78, 5) is 16.2. The number of carbonyl (C=O) groups is 1. The van der Waals surface area contributed by atoms with Crippen LogP contribution in [0.2, 0.25) is 0 Å². The quantitative estimate of drug-likeness (QED) is 0.281. The number of aliphatic imine (C=N–C) groups is 1. The van der Waals surface area contributed by atoms with E-state index in [-0.39, 0.29) is 41.7 Å². The Morgan fingerprint density at radius 2 is 1.96 bits per heavy atom. The SMILES string of the molecule is CCNC(=NCC(C)(C)OC)NCC(NC(=O)OCC)C1CC1.I. The summed E-state index contributed by atoms with van der Waals surface area (Å²) in [7, 11) is 1.68. The van der Waals surface area contributed by atoms with Gasteiger partial charge in [0.05, 0.1) is 24.8 Å². The van der Waals surface area contributed by atoms with E-state index in [0.717, 1.165) is 25.3 Å². The molecule has 1 amide bonds. The third kappa shape index (κ3) is 9.51. The minimum absolute atomic E-state index is 0. The Hall–Kier alpha value is -0.770. The van der Waals surface area contributed by atoms with Crippen molar-refractivity contribution in [2.75, 3.05) is 33.4 Å². The van der Waals surface area contributed by atoms with Gasteiger partial charge in [-0.3, -0.25) is 4.99 Å². The molecule has 142 valence electrons. The monoisotopic (exact) mass is 456 g/mol. The van der Waals surface area contributed by atoms with Crippen molar-refractivity contribution in [3.63, 3.8) is 0 Å². The van der Waals surface area contributed by atoms with E-state index in [9.17, 15) is 4.79 Å². The van der Waals surface area contributed by atoms with Gasteiger partial charge in [0.1, 0.15) is 0 Å². The Balaban J connectivity index is 0.00000529. The fourth-order valence-corrected chi connectivity index (χ4v) is 2.04. The number of hydrogen-bond donors (Lipinski definition) is 3. The van der Waals surface area contributed by atoms with Crippen molar-refractivity contribution in [2.45, 2.75) is 52.2 Å². The van der Waals surface area contributed by atoms with Crippen molar-refractivity contribution >= 4 is 36.0 Å². The van der Waals surface area contributed by atoms with E-state index in [1.165, 1.54) is 0 Å².